The van der Waals surface area contributed by atoms with E-state index in [0.717, 1.165) is 12.3 Å². The first-order valence-electron chi connectivity index (χ1n) is 5.08. The predicted molar refractivity (Wildman–Crippen MR) is 66.3 cm³/mol. The van der Waals surface area contributed by atoms with Gasteiger partial charge in [0.05, 0.1) is 0 Å². The van der Waals surface area contributed by atoms with Gasteiger partial charge in [-0.1, -0.05) is 18.6 Å². The van der Waals surface area contributed by atoms with Crippen LogP contribution in [-0.2, 0) is 0 Å². The fourth-order valence-corrected chi connectivity index (χ4v) is 2.28. The van der Waals surface area contributed by atoms with Crippen LogP contribution in [0.5, 0.6) is 0 Å². The average Bonchev–Trinajstić information content (AvgIpc) is 2.11. The van der Waals surface area contributed by atoms with Crippen molar-refractivity contribution in [3.63, 3.8) is 0 Å². The SMILES string of the molecule is CCSC1=CCNC(C=C(C)C)=C1C. The molecule has 1 N–H and O–H groups in total. The quantitative estimate of drug-likeness (QED) is 0.764. The van der Waals surface area contributed by atoms with Gasteiger partial charge in [-0.2, -0.15) is 0 Å². The molecule has 0 unspecified atom stereocenters. The van der Waals surface area contributed by atoms with Crippen LogP contribution in [0.2, 0.25) is 0 Å². The van der Waals surface area contributed by atoms with Gasteiger partial charge in [-0.15, -0.1) is 11.8 Å². The molecular weight excluding hydrogens is 190 g/mol. The second-order valence-electron chi connectivity index (χ2n) is 3.64. The normalized spacial score (nSPS) is 16.1. The van der Waals surface area contributed by atoms with Gasteiger partial charge in [-0.05, 0) is 38.2 Å². The smallest absolute Gasteiger partial charge is 0.0382 e. The van der Waals surface area contributed by atoms with Gasteiger partial charge in [0.25, 0.3) is 0 Å². The molecule has 0 radical (unpaired) electrons. The Balaban J connectivity index is 2.88. The summed E-state index contributed by atoms with van der Waals surface area (Å²) in [5, 5.41) is 3.40. The summed E-state index contributed by atoms with van der Waals surface area (Å²) in [7, 11) is 0. The fraction of sp³-hybridized carbons (Fsp3) is 0.500. The summed E-state index contributed by atoms with van der Waals surface area (Å²) >= 11 is 1.93. The van der Waals surface area contributed by atoms with Crippen molar-refractivity contribution >= 4 is 11.8 Å². The number of rotatable bonds is 3. The van der Waals surface area contributed by atoms with E-state index in [0.29, 0.717) is 0 Å². The van der Waals surface area contributed by atoms with Crippen molar-refractivity contribution in [2.24, 2.45) is 0 Å². The molecule has 78 valence electrons. The molecule has 0 bridgehead atoms. The first-order valence-corrected chi connectivity index (χ1v) is 6.06. The maximum atomic E-state index is 3.40. The third-order valence-corrected chi connectivity index (χ3v) is 3.16. The Kier molecular flexibility index (Phi) is 4.33. The van der Waals surface area contributed by atoms with Gasteiger partial charge >= 0.3 is 0 Å². The number of hydrogen-bond acceptors (Lipinski definition) is 2. The molecule has 0 fully saturated rings. The van der Waals surface area contributed by atoms with Crippen molar-refractivity contribution in [3.05, 3.63) is 33.9 Å². The second-order valence-corrected chi connectivity index (χ2v) is 4.95. The molecule has 0 amide bonds. The molecular formula is C12H19NS. The van der Waals surface area contributed by atoms with Gasteiger partial charge in [-0.3, -0.25) is 0 Å². The van der Waals surface area contributed by atoms with Gasteiger partial charge in [0.2, 0.25) is 0 Å². The van der Waals surface area contributed by atoms with Crippen molar-refractivity contribution in [2.45, 2.75) is 27.7 Å². The van der Waals surface area contributed by atoms with Gasteiger partial charge in [0.1, 0.15) is 0 Å². The molecule has 0 saturated heterocycles. The zero-order valence-corrected chi connectivity index (χ0v) is 10.3. The monoisotopic (exact) mass is 209 g/mol. The molecule has 1 aliphatic rings. The molecule has 0 aromatic carbocycles. The maximum absolute atomic E-state index is 3.40. The number of hydrogen-bond donors (Lipinski definition) is 1. The summed E-state index contributed by atoms with van der Waals surface area (Å²) in [4.78, 5) is 1.43. The lowest BCUT2D eigenvalue weighted by Crippen LogP contribution is -2.18. The molecule has 1 rings (SSSR count). The van der Waals surface area contributed by atoms with Crippen LogP contribution in [0.4, 0.5) is 0 Å². The van der Waals surface area contributed by atoms with Crippen molar-refractivity contribution in [3.8, 4) is 0 Å². The van der Waals surface area contributed by atoms with Crippen molar-refractivity contribution in [2.75, 3.05) is 12.3 Å². The van der Waals surface area contributed by atoms with E-state index in [9.17, 15) is 0 Å². The summed E-state index contributed by atoms with van der Waals surface area (Å²) in [6, 6.07) is 0. The van der Waals surface area contributed by atoms with Crippen LogP contribution in [0.3, 0.4) is 0 Å². The molecule has 1 nitrogen and oxygen atoms in total. The summed E-state index contributed by atoms with van der Waals surface area (Å²) in [5.74, 6) is 1.14. The molecule has 2 heteroatoms. The minimum Gasteiger partial charge on any atom is -0.381 e. The Morgan fingerprint density at radius 3 is 2.86 bits per heavy atom. The third-order valence-electron chi connectivity index (χ3n) is 2.09. The van der Waals surface area contributed by atoms with Crippen LogP contribution in [-0.4, -0.2) is 12.3 Å². The van der Waals surface area contributed by atoms with Crippen LogP contribution >= 0.6 is 11.8 Å². The van der Waals surface area contributed by atoms with Crippen molar-refractivity contribution < 1.29 is 0 Å². The third kappa shape index (κ3) is 2.95. The first-order chi connectivity index (χ1) is 6.65. The number of nitrogens with one attached hydrogen (secondary N) is 1. The number of thioether (sulfide) groups is 1. The predicted octanol–water partition coefficient (Wildman–Crippen LogP) is 3.47. The molecule has 0 atom stereocenters. The van der Waals surface area contributed by atoms with E-state index >= 15 is 0 Å². The topological polar surface area (TPSA) is 12.0 Å². The number of dihydropyridines is 1. The molecule has 0 saturated carbocycles. The second kappa shape index (κ2) is 5.30. The van der Waals surface area contributed by atoms with Crippen LogP contribution in [0.25, 0.3) is 0 Å². The van der Waals surface area contributed by atoms with Crippen LogP contribution in [0.15, 0.2) is 33.9 Å². The largest absolute Gasteiger partial charge is 0.381 e. The zero-order chi connectivity index (χ0) is 10.6. The molecule has 1 heterocycles. The first kappa shape index (κ1) is 11.4. The highest BCUT2D eigenvalue weighted by Gasteiger charge is 2.09. The highest BCUT2D eigenvalue weighted by Crippen LogP contribution is 2.27. The van der Waals surface area contributed by atoms with E-state index < -0.39 is 0 Å². The molecule has 0 aromatic heterocycles. The minimum atomic E-state index is 0.957. The summed E-state index contributed by atoms with van der Waals surface area (Å²) in [5.41, 5.74) is 4.00. The minimum absolute atomic E-state index is 0.957. The lowest BCUT2D eigenvalue weighted by Gasteiger charge is -2.18. The van der Waals surface area contributed by atoms with E-state index in [4.69, 9.17) is 0 Å². The molecule has 0 aromatic rings. The molecule has 1 aliphatic heterocycles. The van der Waals surface area contributed by atoms with E-state index in [1.54, 1.807) is 0 Å². The summed E-state index contributed by atoms with van der Waals surface area (Å²) in [6.07, 6.45) is 4.49. The van der Waals surface area contributed by atoms with E-state index in [1.165, 1.54) is 21.7 Å². The van der Waals surface area contributed by atoms with E-state index in [-0.39, 0.29) is 0 Å². The average molecular weight is 209 g/mol. The Morgan fingerprint density at radius 2 is 2.29 bits per heavy atom. The van der Waals surface area contributed by atoms with Gasteiger partial charge < -0.3 is 5.32 Å². The van der Waals surface area contributed by atoms with Gasteiger partial charge in [0.15, 0.2) is 0 Å². The Morgan fingerprint density at radius 1 is 1.57 bits per heavy atom. The molecule has 0 aliphatic carbocycles. The van der Waals surface area contributed by atoms with Crippen molar-refractivity contribution in [1.82, 2.24) is 5.32 Å². The Bertz CT molecular complexity index is 293. The summed E-state index contributed by atoms with van der Waals surface area (Å²) in [6.45, 7) is 9.61. The Labute approximate surface area is 91.4 Å². The van der Waals surface area contributed by atoms with Gasteiger partial charge in [-0.25, -0.2) is 0 Å². The van der Waals surface area contributed by atoms with Crippen LogP contribution in [0.1, 0.15) is 27.7 Å². The van der Waals surface area contributed by atoms with Crippen molar-refractivity contribution in [1.29, 1.82) is 0 Å². The lowest BCUT2D eigenvalue weighted by molar-refractivity contribution is 0.895. The molecule has 14 heavy (non-hydrogen) atoms. The lowest BCUT2D eigenvalue weighted by atomic mass is 10.1. The highest BCUT2D eigenvalue weighted by molar-refractivity contribution is 8.03. The summed E-state index contributed by atoms with van der Waals surface area (Å²) < 4.78 is 0. The molecule has 0 spiro atoms. The number of allylic oxidation sites excluding steroid dienone is 3. The standard InChI is InChI=1S/C12H19NS/c1-5-14-12-6-7-13-11(10(12)4)8-9(2)3/h6,8,13H,5,7H2,1-4H3. The maximum Gasteiger partial charge on any atom is 0.0382 e. The van der Waals surface area contributed by atoms with E-state index in [1.807, 2.05) is 11.8 Å². The fourth-order valence-electron chi connectivity index (χ4n) is 1.44. The zero-order valence-electron chi connectivity index (χ0n) is 9.48. The highest BCUT2D eigenvalue weighted by atomic mass is 32.2. The van der Waals surface area contributed by atoms with Gasteiger partial charge in [0, 0.05) is 17.1 Å². The van der Waals surface area contributed by atoms with Crippen LogP contribution < -0.4 is 5.32 Å². The Hall–Kier alpha value is -0.630. The van der Waals surface area contributed by atoms with E-state index in [2.05, 4.69) is 45.2 Å². The van der Waals surface area contributed by atoms with Crippen LogP contribution in [0, 0.1) is 0 Å².